The van der Waals surface area contributed by atoms with Crippen molar-refractivity contribution in [1.82, 2.24) is 0 Å². The molecule has 1 aliphatic rings. The Morgan fingerprint density at radius 1 is 1.48 bits per heavy atom. The van der Waals surface area contributed by atoms with Gasteiger partial charge in [0.25, 0.3) is 5.69 Å². The molecule has 0 spiro atoms. The molecule has 114 valence electrons. The third-order valence-corrected chi connectivity index (χ3v) is 2.98. The average molecular weight is 303 g/mol. The number of alkyl halides is 3. The minimum Gasteiger partial charge on any atom is -0.377 e. The highest BCUT2D eigenvalue weighted by atomic mass is 19.4. The van der Waals surface area contributed by atoms with E-state index >= 15 is 0 Å². The highest BCUT2D eigenvalue weighted by molar-refractivity contribution is 6.00. The van der Waals surface area contributed by atoms with E-state index in [9.17, 15) is 28.1 Å². The van der Waals surface area contributed by atoms with Crippen molar-refractivity contribution in [2.75, 3.05) is 10.6 Å². The topological polar surface area (TPSA) is 84.3 Å². The minimum absolute atomic E-state index is 0.0224. The smallest absolute Gasteiger partial charge is 0.377 e. The van der Waals surface area contributed by atoms with Crippen LogP contribution in [-0.4, -0.2) is 23.0 Å². The first kappa shape index (κ1) is 15.1. The Bertz CT molecular complexity index is 601. The number of anilines is 2. The lowest BCUT2D eigenvalue weighted by atomic mass is 10.1. The molecule has 0 bridgehead atoms. The second-order valence-electron chi connectivity index (χ2n) is 4.87. The van der Waals surface area contributed by atoms with Gasteiger partial charge in [0.1, 0.15) is 5.69 Å². The summed E-state index contributed by atoms with van der Waals surface area (Å²) in [7, 11) is 0. The Balaban J connectivity index is 2.28. The van der Waals surface area contributed by atoms with Gasteiger partial charge in [0.05, 0.1) is 17.8 Å². The first-order valence-electron chi connectivity index (χ1n) is 6.10. The highest BCUT2D eigenvalue weighted by Gasteiger charge is 2.31. The summed E-state index contributed by atoms with van der Waals surface area (Å²) < 4.78 is 36.9. The number of amides is 1. The standard InChI is InChI=1S/C12H12F3N3O3/c1-6(5-12(13,14)15)16-9-4-8-7(3-11(19)17-8)2-10(9)18(20)21/h2,4,6,16H,3,5H2,1H3,(H,17,19). The second kappa shape index (κ2) is 5.23. The lowest BCUT2D eigenvalue weighted by Crippen LogP contribution is -2.24. The number of benzene rings is 1. The maximum Gasteiger partial charge on any atom is 0.391 e. The van der Waals surface area contributed by atoms with E-state index in [1.54, 1.807) is 0 Å². The molecule has 1 aliphatic heterocycles. The van der Waals surface area contributed by atoms with Gasteiger partial charge in [-0.25, -0.2) is 0 Å². The number of hydrogen-bond donors (Lipinski definition) is 2. The molecular formula is C12H12F3N3O3. The number of nitrogens with zero attached hydrogens (tertiary/aromatic N) is 1. The van der Waals surface area contributed by atoms with Gasteiger partial charge in [0.15, 0.2) is 0 Å². The number of carbonyl (C=O) groups is 1. The number of nitrogens with one attached hydrogen (secondary N) is 2. The minimum atomic E-state index is -4.37. The summed E-state index contributed by atoms with van der Waals surface area (Å²) in [5, 5.41) is 16.0. The molecule has 9 heteroatoms. The lowest BCUT2D eigenvalue weighted by molar-refractivity contribution is -0.384. The molecule has 1 atom stereocenters. The van der Waals surface area contributed by atoms with Crippen molar-refractivity contribution in [1.29, 1.82) is 0 Å². The molecule has 0 fully saturated rings. The van der Waals surface area contributed by atoms with Crippen LogP contribution >= 0.6 is 0 Å². The van der Waals surface area contributed by atoms with Gasteiger partial charge in [0.2, 0.25) is 5.91 Å². The second-order valence-corrected chi connectivity index (χ2v) is 4.87. The number of nitro benzene ring substituents is 1. The first-order valence-corrected chi connectivity index (χ1v) is 6.10. The Hall–Kier alpha value is -2.32. The molecule has 1 unspecified atom stereocenters. The normalized spacial score (nSPS) is 15.3. The summed E-state index contributed by atoms with van der Waals surface area (Å²) in [5.74, 6) is -0.306. The third-order valence-electron chi connectivity index (χ3n) is 2.98. The number of hydrogen-bond acceptors (Lipinski definition) is 4. The van der Waals surface area contributed by atoms with E-state index in [1.165, 1.54) is 19.1 Å². The fourth-order valence-electron chi connectivity index (χ4n) is 2.19. The van der Waals surface area contributed by atoms with Gasteiger partial charge in [-0.15, -0.1) is 0 Å². The predicted octanol–water partition coefficient (Wildman–Crippen LogP) is 2.84. The van der Waals surface area contributed by atoms with E-state index in [4.69, 9.17) is 0 Å². The quantitative estimate of drug-likeness (QED) is 0.661. The number of fused-ring (bicyclic) bond motifs is 1. The van der Waals surface area contributed by atoms with E-state index < -0.39 is 23.6 Å². The van der Waals surface area contributed by atoms with E-state index in [-0.39, 0.29) is 23.7 Å². The summed E-state index contributed by atoms with van der Waals surface area (Å²) in [4.78, 5) is 21.6. The molecule has 1 heterocycles. The molecule has 0 aromatic heterocycles. The molecule has 21 heavy (non-hydrogen) atoms. The van der Waals surface area contributed by atoms with Crippen LogP contribution in [0.3, 0.4) is 0 Å². The molecule has 6 nitrogen and oxygen atoms in total. The summed E-state index contributed by atoms with van der Waals surface area (Å²) in [6.45, 7) is 1.28. The van der Waals surface area contributed by atoms with Crippen molar-refractivity contribution in [3.8, 4) is 0 Å². The van der Waals surface area contributed by atoms with E-state index in [0.29, 0.717) is 11.3 Å². The Morgan fingerprint density at radius 3 is 2.71 bits per heavy atom. The van der Waals surface area contributed by atoms with Crippen LogP contribution in [0.5, 0.6) is 0 Å². The Morgan fingerprint density at radius 2 is 2.14 bits per heavy atom. The van der Waals surface area contributed by atoms with E-state index in [1.807, 2.05) is 0 Å². The maximum absolute atomic E-state index is 12.3. The van der Waals surface area contributed by atoms with Gasteiger partial charge in [-0.1, -0.05) is 0 Å². The molecule has 0 radical (unpaired) electrons. The highest BCUT2D eigenvalue weighted by Crippen LogP contribution is 2.35. The van der Waals surface area contributed by atoms with Crippen molar-refractivity contribution in [2.24, 2.45) is 0 Å². The number of carbonyl (C=O) groups excluding carboxylic acids is 1. The van der Waals surface area contributed by atoms with Gasteiger partial charge in [-0.05, 0) is 18.6 Å². The third kappa shape index (κ3) is 3.61. The molecule has 2 N–H and O–H groups in total. The molecular weight excluding hydrogens is 291 g/mol. The Kier molecular flexibility index (Phi) is 3.75. The van der Waals surface area contributed by atoms with Gasteiger partial charge in [0, 0.05) is 17.8 Å². The summed E-state index contributed by atoms with van der Waals surface area (Å²) in [6, 6.07) is 1.47. The van der Waals surface area contributed by atoms with Crippen LogP contribution in [0.15, 0.2) is 12.1 Å². The van der Waals surface area contributed by atoms with Crippen LogP contribution in [0.2, 0.25) is 0 Å². The van der Waals surface area contributed by atoms with Crippen LogP contribution in [0.1, 0.15) is 18.9 Å². The van der Waals surface area contributed by atoms with E-state index in [0.717, 1.165) is 0 Å². The summed E-state index contributed by atoms with van der Waals surface area (Å²) in [5.41, 5.74) is 0.449. The average Bonchev–Trinajstić information content (AvgIpc) is 2.64. The van der Waals surface area contributed by atoms with Crippen molar-refractivity contribution < 1.29 is 22.9 Å². The fourth-order valence-corrected chi connectivity index (χ4v) is 2.19. The predicted molar refractivity (Wildman–Crippen MR) is 69.2 cm³/mol. The van der Waals surface area contributed by atoms with Crippen LogP contribution in [-0.2, 0) is 11.2 Å². The van der Waals surface area contributed by atoms with Crippen molar-refractivity contribution in [2.45, 2.75) is 32.0 Å². The molecule has 0 saturated carbocycles. The monoisotopic (exact) mass is 303 g/mol. The van der Waals surface area contributed by atoms with Gasteiger partial charge < -0.3 is 10.6 Å². The molecule has 0 aliphatic carbocycles. The Labute approximate surface area is 117 Å². The van der Waals surface area contributed by atoms with E-state index in [2.05, 4.69) is 10.6 Å². The van der Waals surface area contributed by atoms with Crippen LogP contribution in [0, 0.1) is 10.1 Å². The molecule has 0 saturated heterocycles. The maximum atomic E-state index is 12.3. The van der Waals surface area contributed by atoms with Gasteiger partial charge >= 0.3 is 6.18 Å². The lowest BCUT2D eigenvalue weighted by Gasteiger charge is -2.17. The molecule has 1 aromatic rings. The van der Waals surface area contributed by atoms with Gasteiger partial charge in [-0.3, -0.25) is 14.9 Å². The summed E-state index contributed by atoms with van der Waals surface area (Å²) in [6.07, 6.45) is -5.46. The van der Waals surface area contributed by atoms with Crippen molar-refractivity contribution >= 4 is 23.0 Å². The van der Waals surface area contributed by atoms with Crippen LogP contribution in [0.25, 0.3) is 0 Å². The fraction of sp³-hybridized carbons (Fsp3) is 0.417. The zero-order chi connectivity index (χ0) is 15.8. The van der Waals surface area contributed by atoms with Crippen LogP contribution < -0.4 is 10.6 Å². The number of halogens is 3. The molecule has 1 aromatic carbocycles. The molecule has 1 amide bonds. The number of rotatable bonds is 4. The zero-order valence-corrected chi connectivity index (χ0v) is 11.0. The number of nitro groups is 1. The van der Waals surface area contributed by atoms with Crippen LogP contribution in [0.4, 0.5) is 30.2 Å². The first-order chi connectivity index (χ1) is 9.65. The largest absolute Gasteiger partial charge is 0.391 e. The van der Waals surface area contributed by atoms with Crippen molar-refractivity contribution in [3.05, 3.63) is 27.8 Å². The zero-order valence-electron chi connectivity index (χ0n) is 11.0. The summed E-state index contributed by atoms with van der Waals surface area (Å²) >= 11 is 0. The molecule has 2 rings (SSSR count). The van der Waals surface area contributed by atoms with Crippen molar-refractivity contribution in [3.63, 3.8) is 0 Å². The SMILES string of the molecule is CC(CC(F)(F)F)Nc1cc2c(cc1[N+](=O)[O-])CC(=O)N2. The van der Waals surface area contributed by atoms with Gasteiger partial charge in [-0.2, -0.15) is 13.2 Å².